The van der Waals surface area contributed by atoms with Crippen LogP contribution in [0.3, 0.4) is 0 Å². The van der Waals surface area contributed by atoms with Crippen LogP contribution in [0.5, 0.6) is 0 Å². The van der Waals surface area contributed by atoms with E-state index in [1.165, 1.54) is 49.9 Å². The molecule has 0 fully saturated rings. The van der Waals surface area contributed by atoms with Gasteiger partial charge in [-0.1, -0.05) is 172 Å². The topological polar surface area (TPSA) is 16.4 Å². The molecule has 0 atom stereocenters. The van der Waals surface area contributed by atoms with Gasteiger partial charge in [0.05, 0.1) is 5.69 Å². The molecule has 10 aromatic rings. The highest BCUT2D eigenvalue weighted by molar-refractivity contribution is 6.21. The number of benzene rings is 9. The van der Waals surface area contributed by atoms with Gasteiger partial charge in [-0.3, -0.25) is 0 Å². The van der Waals surface area contributed by atoms with Crippen LogP contribution in [0.1, 0.15) is 25.0 Å². The molecule has 0 unspecified atom stereocenters. The van der Waals surface area contributed by atoms with E-state index in [1.54, 1.807) is 0 Å². The molecule has 0 spiro atoms. The molecule has 0 saturated heterocycles. The van der Waals surface area contributed by atoms with Crippen LogP contribution < -0.4 is 4.90 Å². The zero-order valence-corrected chi connectivity index (χ0v) is 31.9. The minimum Gasteiger partial charge on any atom is -0.453 e. The fourth-order valence-electron chi connectivity index (χ4n) is 9.23. The maximum atomic E-state index is 7.18. The smallest absolute Gasteiger partial charge is 0.159 e. The molecule has 0 amide bonds. The number of nitrogens with zero attached hydrogens (tertiary/aromatic N) is 1. The van der Waals surface area contributed by atoms with Crippen molar-refractivity contribution in [2.45, 2.75) is 19.3 Å². The molecule has 1 heterocycles. The third kappa shape index (κ3) is 5.33. The molecule has 2 heteroatoms. The molecule has 0 radical (unpaired) electrons. The van der Waals surface area contributed by atoms with Gasteiger partial charge in [0, 0.05) is 32.9 Å². The molecular weight excluding hydrogens is 691 g/mol. The summed E-state index contributed by atoms with van der Waals surface area (Å²) in [7, 11) is 0. The third-order valence-electron chi connectivity index (χ3n) is 12.0. The Morgan fingerprint density at radius 2 is 0.912 bits per heavy atom. The lowest BCUT2D eigenvalue weighted by molar-refractivity contribution is 0.660. The summed E-state index contributed by atoms with van der Waals surface area (Å²) < 4.78 is 7.18. The minimum atomic E-state index is -0.160. The van der Waals surface area contributed by atoms with Crippen LogP contribution in [-0.2, 0) is 5.41 Å². The van der Waals surface area contributed by atoms with Crippen molar-refractivity contribution in [3.05, 3.63) is 211 Å². The van der Waals surface area contributed by atoms with Gasteiger partial charge in [0.25, 0.3) is 0 Å². The highest BCUT2D eigenvalue weighted by atomic mass is 16.3. The molecule has 9 aromatic carbocycles. The number of hydrogen-bond donors (Lipinski definition) is 0. The summed E-state index contributed by atoms with van der Waals surface area (Å²) in [6.07, 6.45) is 0. The van der Waals surface area contributed by atoms with Crippen molar-refractivity contribution in [1.29, 1.82) is 0 Å². The van der Waals surface area contributed by atoms with Crippen molar-refractivity contribution in [2.24, 2.45) is 0 Å². The van der Waals surface area contributed by atoms with Crippen molar-refractivity contribution < 1.29 is 4.42 Å². The van der Waals surface area contributed by atoms with Gasteiger partial charge >= 0.3 is 0 Å². The first-order chi connectivity index (χ1) is 28.0. The van der Waals surface area contributed by atoms with Crippen molar-refractivity contribution in [2.75, 3.05) is 4.90 Å². The number of anilines is 3. The molecule has 0 N–H and O–H groups in total. The van der Waals surface area contributed by atoms with Crippen LogP contribution in [0.4, 0.5) is 17.1 Å². The van der Waals surface area contributed by atoms with Gasteiger partial charge in [0.2, 0.25) is 0 Å². The second-order valence-electron chi connectivity index (χ2n) is 15.7. The molecule has 0 saturated carbocycles. The third-order valence-corrected chi connectivity index (χ3v) is 12.0. The molecule has 0 bridgehead atoms. The Morgan fingerprint density at radius 3 is 1.61 bits per heavy atom. The van der Waals surface area contributed by atoms with Gasteiger partial charge in [-0.05, 0) is 103 Å². The normalized spacial score (nSPS) is 12.9. The lowest BCUT2D eigenvalue weighted by atomic mass is 9.82. The molecule has 0 aliphatic heterocycles. The van der Waals surface area contributed by atoms with Crippen molar-refractivity contribution in [3.63, 3.8) is 0 Å². The van der Waals surface area contributed by atoms with Gasteiger partial charge in [-0.15, -0.1) is 0 Å². The van der Waals surface area contributed by atoms with E-state index in [4.69, 9.17) is 4.42 Å². The van der Waals surface area contributed by atoms with E-state index in [1.807, 2.05) is 0 Å². The molecule has 1 aromatic heterocycles. The minimum absolute atomic E-state index is 0.160. The van der Waals surface area contributed by atoms with Gasteiger partial charge < -0.3 is 9.32 Å². The van der Waals surface area contributed by atoms with E-state index in [9.17, 15) is 0 Å². The zero-order chi connectivity index (χ0) is 38.1. The highest BCUT2D eigenvalue weighted by Crippen LogP contribution is 2.52. The van der Waals surface area contributed by atoms with Crippen LogP contribution in [0.25, 0.3) is 77.2 Å². The molecular formula is C55H39NO. The van der Waals surface area contributed by atoms with Crippen LogP contribution >= 0.6 is 0 Å². The van der Waals surface area contributed by atoms with E-state index >= 15 is 0 Å². The molecule has 2 nitrogen and oxygen atoms in total. The summed E-state index contributed by atoms with van der Waals surface area (Å²) in [6, 6.07) is 72.5. The van der Waals surface area contributed by atoms with Crippen molar-refractivity contribution >= 4 is 49.8 Å². The first-order valence-corrected chi connectivity index (χ1v) is 19.8. The number of para-hydroxylation sites is 1. The van der Waals surface area contributed by atoms with Gasteiger partial charge in [0.15, 0.2) is 5.58 Å². The van der Waals surface area contributed by atoms with Crippen molar-refractivity contribution in [3.8, 4) is 44.5 Å². The summed E-state index contributed by atoms with van der Waals surface area (Å²) in [5, 5.41) is 4.49. The summed E-state index contributed by atoms with van der Waals surface area (Å²) in [4.78, 5) is 2.42. The second kappa shape index (κ2) is 13.0. The van der Waals surface area contributed by atoms with E-state index in [0.29, 0.717) is 0 Å². The Kier molecular flexibility index (Phi) is 7.55. The van der Waals surface area contributed by atoms with E-state index < -0.39 is 0 Å². The average Bonchev–Trinajstić information content (AvgIpc) is 3.77. The molecule has 57 heavy (non-hydrogen) atoms. The van der Waals surface area contributed by atoms with Crippen molar-refractivity contribution in [1.82, 2.24) is 0 Å². The van der Waals surface area contributed by atoms with Gasteiger partial charge in [-0.2, -0.15) is 0 Å². The SMILES string of the molecule is CC1(C)c2ccccc2-c2ccc(N(c3cc(-c4ccccc4)cc(-c4ccccc4)c3)c3cccc4c3oc3c5ccccc5c(-c5ccccc5)cc43)cc21. The predicted molar refractivity (Wildman–Crippen MR) is 240 cm³/mol. The van der Waals surface area contributed by atoms with Gasteiger partial charge in [-0.25, -0.2) is 0 Å². The molecule has 11 rings (SSSR count). The molecule has 1 aliphatic carbocycles. The summed E-state index contributed by atoms with van der Waals surface area (Å²) >= 11 is 0. The number of furan rings is 1. The van der Waals surface area contributed by atoms with Crippen LogP contribution in [0.2, 0.25) is 0 Å². The Labute approximate surface area is 332 Å². The quantitative estimate of drug-likeness (QED) is 0.169. The standard InChI is InChI=1S/C55H39NO/c1-55(2)50-27-15-14-24-44(50)45-30-29-41(34-51(45)55)56(42-32-39(36-17-6-3-7-18-36)31-40(33-42)37-19-8-4-9-20-37)52-28-16-26-47-49-35-48(38-21-10-5-11-22-38)43-23-12-13-25-46(43)53(49)57-54(47)52/h3-35H,1-2H3. The highest BCUT2D eigenvalue weighted by Gasteiger charge is 2.36. The second-order valence-corrected chi connectivity index (χ2v) is 15.7. The summed E-state index contributed by atoms with van der Waals surface area (Å²) in [5.41, 5.74) is 17.1. The Hall–Kier alpha value is -7.16. The zero-order valence-electron chi connectivity index (χ0n) is 31.9. The van der Waals surface area contributed by atoms with E-state index in [2.05, 4.69) is 219 Å². The lowest BCUT2D eigenvalue weighted by Gasteiger charge is -2.29. The average molecular weight is 730 g/mol. The van der Waals surface area contributed by atoms with Crippen LogP contribution in [0.15, 0.2) is 205 Å². The first-order valence-electron chi connectivity index (χ1n) is 19.8. The van der Waals surface area contributed by atoms with E-state index in [-0.39, 0.29) is 5.41 Å². The maximum absolute atomic E-state index is 7.18. The summed E-state index contributed by atoms with van der Waals surface area (Å²) in [6.45, 7) is 4.70. The largest absolute Gasteiger partial charge is 0.453 e. The fourth-order valence-corrected chi connectivity index (χ4v) is 9.23. The molecule has 1 aliphatic rings. The van der Waals surface area contributed by atoms with Crippen LogP contribution in [-0.4, -0.2) is 0 Å². The Morgan fingerprint density at radius 1 is 0.351 bits per heavy atom. The fraction of sp³-hybridized carbons (Fsp3) is 0.0545. The number of fused-ring (bicyclic) bond motifs is 8. The van der Waals surface area contributed by atoms with E-state index in [0.717, 1.165) is 55.5 Å². The maximum Gasteiger partial charge on any atom is 0.159 e. The number of rotatable bonds is 6. The lowest BCUT2D eigenvalue weighted by Crippen LogP contribution is -2.16. The van der Waals surface area contributed by atoms with Crippen LogP contribution in [0, 0.1) is 0 Å². The molecule has 270 valence electrons. The Bertz CT molecular complexity index is 3080. The monoisotopic (exact) mass is 729 g/mol. The number of hydrogen-bond acceptors (Lipinski definition) is 2. The first kappa shape index (κ1) is 33.2. The Balaban J connectivity index is 1.21. The van der Waals surface area contributed by atoms with Gasteiger partial charge in [0.1, 0.15) is 5.58 Å². The summed E-state index contributed by atoms with van der Waals surface area (Å²) in [5.74, 6) is 0. The predicted octanol–water partition coefficient (Wildman–Crippen LogP) is 15.5.